The van der Waals surface area contributed by atoms with Crippen molar-refractivity contribution in [1.29, 1.82) is 0 Å². The first-order chi connectivity index (χ1) is 13.3. The van der Waals surface area contributed by atoms with Crippen LogP contribution in [0.15, 0.2) is 36.4 Å². The fourth-order valence-corrected chi connectivity index (χ4v) is 4.24. The summed E-state index contributed by atoms with van der Waals surface area (Å²) in [6, 6.07) is 8.65. The van der Waals surface area contributed by atoms with E-state index in [9.17, 15) is 18.7 Å². The molecule has 1 aromatic heterocycles. The Morgan fingerprint density at radius 2 is 1.71 bits per heavy atom. The molecule has 148 valence electrons. The molecule has 28 heavy (non-hydrogen) atoms. The van der Waals surface area contributed by atoms with Gasteiger partial charge in [0, 0.05) is 47.5 Å². The minimum Gasteiger partial charge on any atom is -0.391 e. The molecule has 0 radical (unpaired) electrons. The molecule has 2 aromatic carbocycles. The molecule has 2 N–H and O–H groups in total. The predicted molar refractivity (Wildman–Crippen MR) is 104 cm³/mol. The van der Waals surface area contributed by atoms with Gasteiger partial charge in [0.2, 0.25) is 0 Å². The molecule has 0 saturated carbocycles. The molecule has 7 heteroatoms. The Morgan fingerprint density at radius 3 is 2.29 bits per heavy atom. The number of hydrogen-bond donors (Lipinski definition) is 2. The summed E-state index contributed by atoms with van der Waals surface area (Å²) in [5.74, 6) is -0.780. The summed E-state index contributed by atoms with van der Waals surface area (Å²) in [6.07, 6.45) is 0.406. The van der Waals surface area contributed by atoms with E-state index < -0.39 is 23.3 Å². The highest BCUT2D eigenvalue weighted by Crippen LogP contribution is 2.32. The standard InChI is InChI=1S/C21H23F2N3O2/c1-21(7-8-24-20(28)25(21)2)11-15(27)12-26-18-5-3-13(22)9-16(18)17-10-14(23)4-6-19(17)26/h3-6,9-10,15,27H,7-8,11-12H2,1-2H3,(H,24,28). The van der Waals surface area contributed by atoms with Crippen LogP contribution in [0.2, 0.25) is 0 Å². The van der Waals surface area contributed by atoms with Gasteiger partial charge in [-0.3, -0.25) is 0 Å². The van der Waals surface area contributed by atoms with Crippen LogP contribution in [-0.2, 0) is 6.54 Å². The van der Waals surface area contributed by atoms with E-state index in [4.69, 9.17) is 0 Å². The van der Waals surface area contributed by atoms with Crippen LogP contribution in [0.25, 0.3) is 21.8 Å². The summed E-state index contributed by atoms with van der Waals surface area (Å²) in [4.78, 5) is 13.6. The number of carbonyl (C=O) groups is 1. The van der Waals surface area contributed by atoms with Crippen LogP contribution in [-0.4, -0.2) is 45.8 Å². The minimum absolute atomic E-state index is 0.149. The van der Waals surface area contributed by atoms with Crippen molar-refractivity contribution in [2.75, 3.05) is 13.6 Å². The fraction of sp³-hybridized carbons (Fsp3) is 0.381. The zero-order valence-corrected chi connectivity index (χ0v) is 15.9. The molecule has 5 nitrogen and oxygen atoms in total. The van der Waals surface area contributed by atoms with Crippen LogP contribution >= 0.6 is 0 Å². The second-order valence-corrected chi connectivity index (χ2v) is 7.83. The maximum Gasteiger partial charge on any atom is 0.317 e. The Bertz CT molecular complexity index is 1010. The first-order valence-electron chi connectivity index (χ1n) is 9.35. The van der Waals surface area contributed by atoms with Crippen molar-refractivity contribution in [3.05, 3.63) is 48.0 Å². The molecule has 2 unspecified atom stereocenters. The third-order valence-corrected chi connectivity index (χ3v) is 5.91. The number of aliphatic hydroxyl groups is 1. The van der Waals surface area contributed by atoms with E-state index in [1.54, 1.807) is 24.1 Å². The minimum atomic E-state index is -0.729. The number of nitrogens with one attached hydrogen (secondary N) is 1. The number of nitrogens with zero attached hydrogens (tertiary/aromatic N) is 2. The number of rotatable bonds is 4. The van der Waals surface area contributed by atoms with Gasteiger partial charge in [0.1, 0.15) is 11.6 Å². The monoisotopic (exact) mass is 387 g/mol. The van der Waals surface area contributed by atoms with Crippen LogP contribution in [0.5, 0.6) is 0 Å². The molecule has 3 aromatic rings. The van der Waals surface area contributed by atoms with Gasteiger partial charge in [0.25, 0.3) is 0 Å². The van der Waals surface area contributed by atoms with Gasteiger partial charge in [-0.05, 0) is 56.2 Å². The maximum absolute atomic E-state index is 13.8. The molecule has 1 fully saturated rings. The van der Waals surface area contributed by atoms with Gasteiger partial charge in [-0.15, -0.1) is 0 Å². The van der Waals surface area contributed by atoms with Gasteiger partial charge in [-0.1, -0.05) is 0 Å². The molecule has 1 saturated heterocycles. The topological polar surface area (TPSA) is 57.5 Å². The lowest BCUT2D eigenvalue weighted by Crippen LogP contribution is -2.58. The highest BCUT2D eigenvalue weighted by atomic mass is 19.1. The zero-order valence-electron chi connectivity index (χ0n) is 15.9. The van der Waals surface area contributed by atoms with Crippen LogP contribution in [0.4, 0.5) is 13.6 Å². The summed E-state index contributed by atoms with van der Waals surface area (Å²) in [7, 11) is 1.73. The molecular weight excluding hydrogens is 364 g/mol. The van der Waals surface area contributed by atoms with Crippen molar-refractivity contribution in [2.45, 2.75) is 38.0 Å². The number of benzene rings is 2. The third kappa shape index (κ3) is 3.09. The highest BCUT2D eigenvalue weighted by molar-refractivity contribution is 6.08. The lowest BCUT2D eigenvalue weighted by Gasteiger charge is -2.43. The first kappa shape index (κ1) is 18.7. The summed E-state index contributed by atoms with van der Waals surface area (Å²) in [5.41, 5.74) is 1.01. The smallest absolute Gasteiger partial charge is 0.317 e. The zero-order chi connectivity index (χ0) is 20.1. The normalized spacial score (nSPS) is 21.3. The van der Waals surface area contributed by atoms with Gasteiger partial charge >= 0.3 is 6.03 Å². The van der Waals surface area contributed by atoms with E-state index in [1.165, 1.54) is 24.3 Å². The van der Waals surface area contributed by atoms with Crippen molar-refractivity contribution in [2.24, 2.45) is 0 Å². The van der Waals surface area contributed by atoms with E-state index in [1.807, 2.05) is 11.5 Å². The van der Waals surface area contributed by atoms with Crippen molar-refractivity contribution in [1.82, 2.24) is 14.8 Å². The van der Waals surface area contributed by atoms with E-state index >= 15 is 0 Å². The van der Waals surface area contributed by atoms with E-state index in [2.05, 4.69) is 5.32 Å². The van der Waals surface area contributed by atoms with Gasteiger partial charge in [0.05, 0.1) is 6.10 Å². The van der Waals surface area contributed by atoms with Gasteiger partial charge in [-0.25, -0.2) is 13.6 Å². The number of halogens is 2. The molecule has 0 aliphatic carbocycles. The van der Waals surface area contributed by atoms with Crippen molar-refractivity contribution in [3.63, 3.8) is 0 Å². The van der Waals surface area contributed by atoms with Gasteiger partial charge < -0.3 is 19.9 Å². The Balaban J connectivity index is 1.70. The largest absolute Gasteiger partial charge is 0.391 e. The molecule has 2 atom stereocenters. The van der Waals surface area contributed by atoms with Crippen molar-refractivity contribution < 1.29 is 18.7 Å². The summed E-state index contributed by atoms with van der Waals surface area (Å²) < 4.78 is 29.4. The average Bonchev–Trinajstić information content (AvgIpc) is 2.92. The maximum atomic E-state index is 13.8. The van der Waals surface area contributed by atoms with E-state index in [0.29, 0.717) is 23.7 Å². The van der Waals surface area contributed by atoms with Gasteiger partial charge in [-0.2, -0.15) is 0 Å². The van der Waals surface area contributed by atoms with Gasteiger partial charge in [0.15, 0.2) is 0 Å². The Hall–Kier alpha value is -2.67. The second-order valence-electron chi connectivity index (χ2n) is 7.83. The molecule has 2 heterocycles. The number of amides is 2. The van der Waals surface area contributed by atoms with Crippen LogP contribution in [0, 0.1) is 11.6 Å². The summed E-state index contributed by atoms with van der Waals surface area (Å²) >= 11 is 0. The molecule has 1 aliphatic rings. The predicted octanol–water partition coefficient (Wildman–Crippen LogP) is 3.63. The Kier molecular flexibility index (Phi) is 4.50. The molecule has 0 bridgehead atoms. The highest BCUT2D eigenvalue weighted by Gasteiger charge is 2.37. The molecule has 4 rings (SSSR count). The number of fused-ring (bicyclic) bond motifs is 3. The van der Waals surface area contributed by atoms with E-state index in [-0.39, 0.29) is 12.6 Å². The summed E-state index contributed by atoms with van der Waals surface area (Å²) in [5, 5.41) is 14.9. The molecule has 1 aliphatic heterocycles. The molecular formula is C21H23F2N3O2. The quantitative estimate of drug-likeness (QED) is 0.718. The third-order valence-electron chi connectivity index (χ3n) is 5.91. The van der Waals surface area contributed by atoms with Crippen LogP contribution in [0.1, 0.15) is 19.8 Å². The Morgan fingerprint density at radius 1 is 1.14 bits per heavy atom. The number of urea groups is 1. The Labute approximate surface area is 161 Å². The van der Waals surface area contributed by atoms with Crippen molar-refractivity contribution in [3.8, 4) is 0 Å². The second kappa shape index (κ2) is 6.74. The number of carbonyl (C=O) groups excluding carboxylic acids is 1. The summed E-state index contributed by atoms with van der Waals surface area (Å²) in [6.45, 7) is 2.80. The lowest BCUT2D eigenvalue weighted by atomic mass is 9.87. The average molecular weight is 387 g/mol. The van der Waals surface area contributed by atoms with Crippen LogP contribution < -0.4 is 5.32 Å². The number of aromatic nitrogens is 1. The van der Waals surface area contributed by atoms with Crippen molar-refractivity contribution >= 4 is 27.8 Å². The van der Waals surface area contributed by atoms with Crippen LogP contribution in [0.3, 0.4) is 0 Å². The number of aliphatic hydroxyl groups excluding tert-OH is 1. The first-order valence-corrected chi connectivity index (χ1v) is 9.35. The molecule has 0 spiro atoms. The number of hydrogen-bond acceptors (Lipinski definition) is 2. The fourth-order valence-electron chi connectivity index (χ4n) is 4.24. The SMILES string of the molecule is CN1C(=O)NCCC1(C)CC(O)Cn1c2ccc(F)cc2c2cc(F)ccc21. The lowest BCUT2D eigenvalue weighted by molar-refractivity contribution is 0.0507. The van der Waals surface area contributed by atoms with E-state index in [0.717, 1.165) is 17.5 Å². The molecule has 2 amide bonds.